The van der Waals surface area contributed by atoms with Gasteiger partial charge in [-0.15, -0.1) is 0 Å². The first kappa shape index (κ1) is 15.2. The molecule has 21 heavy (non-hydrogen) atoms. The van der Waals surface area contributed by atoms with E-state index in [-0.39, 0.29) is 6.42 Å². The van der Waals surface area contributed by atoms with Gasteiger partial charge in [0.25, 0.3) is 0 Å². The van der Waals surface area contributed by atoms with Crippen molar-refractivity contribution in [3.63, 3.8) is 0 Å². The molecule has 1 atom stereocenters. The molecule has 2 rings (SSSR count). The minimum Gasteiger partial charge on any atom is -0.497 e. The summed E-state index contributed by atoms with van der Waals surface area (Å²) in [5.74, 6) is 0.395. The quantitative estimate of drug-likeness (QED) is 0.771. The Morgan fingerprint density at radius 1 is 1.29 bits per heavy atom. The van der Waals surface area contributed by atoms with Crippen LogP contribution in [0.3, 0.4) is 0 Å². The van der Waals surface area contributed by atoms with E-state index in [9.17, 15) is 9.90 Å². The van der Waals surface area contributed by atoms with Gasteiger partial charge in [-0.1, -0.05) is 12.1 Å². The molecular formula is C15H18N2O4. The molecule has 6 heteroatoms. The second-order valence-electron chi connectivity index (χ2n) is 4.58. The van der Waals surface area contributed by atoms with Gasteiger partial charge in [0.05, 0.1) is 25.8 Å². The van der Waals surface area contributed by atoms with Gasteiger partial charge in [-0.05, 0) is 23.8 Å². The minimum atomic E-state index is -1.39. The largest absolute Gasteiger partial charge is 0.497 e. The fourth-order valence-corrected chi connectivity index (χ4v) is 1.90. The lowest BCUT2D eigenvalue weighted by atomic mass is 10.2. The van der Waals surface area contributed by atoms with Crippen molar-refractivity contribution in [3.05, 3.63) is 47.8 Å². The van der Waals surface area contributed by atoms with Crippen molar-refractivity contribution in [2.24, 2.45) is 0 Å². The summed E-state index contributed by atoms with van der Waals surface area (Å²) < 4.78 is 11.4. The minimum absolute atomic E-state index is 0.0462. The Morgan fingerprint density at radius 3 is 2.62 bits per heavy atom. The number of ketones is 1. The standard InChI is InChI=1S/C15H18N2O4/c1-20-13-5-3-11(4-6-13)10-17-8-7-12(16-17)9-14(18)15(19)21-2/h3-8,15,19H,9-10H2,1-2H3. The zero-order chi connectivity index (χ0) is 15.2. The van der Waals surface area contributed by atoms with Gasteiger partial charge in [0.2, 0.25) is 6.29 Å². The number of aliphatic hydroxyl groups excluding tert-OH is 1. The smallest absolute Gasteiger partial charge is 0.215 e. The number of methoxy groups -OCH3 is 2. The normalized spacial score (nSPS) is 12.1. The van der Waals surface area contributed by atoms with Crippen molar-refractivity contribution in [2.75, 3.05) is 14.2 Å². The summed E-state index contributed by atoms with van der Waals surface area (Å²) in [7, 11) is 2.91. The van der Waals surface area contributed by atoms with Crippen LogP contribution in [0.25, 0.3) is 0 Å². The van der Waals surface area contributed by atoms with E-state index in [0.717, 1.165) is 11.3 Å². The second-order valence-corrected chi connectivity index (χ2v) is 4.58. The van der Waals surface area contributed by atoms with E-state index in [4.69, 9.17) is 4.74 Å². The summed E-state index contributed by atoms with van der Waals surface area (Å²) in [5, 5.41) is 13.6. The Labute approximate surface area is 122 Å². The maximum atomic E-state index is 11.5. The summed E-state index contributed by atoms with van der Waals surface area (Å²) in [6, 6.07) is 9.44. The van der Waals surface area contributed by atoms with Gasteiger partial charge >= 0.3 is 0 Å². The Hall–Kier alpha value is -2.18. The predicted octanol–water partition coefficient (Wildman–Crippen LogP) is 1.02. The van der Waals surface area contributed by atoms with Crippen LogP contribution in [0.2, 0.25) is 0 Å². The molecule has 1 aromatic carbocycles. The van der Waals surface area contributed by atoms with E-state index >= 15 is 0 Å². The van der Waals surface area contributed by atoms with Crippen LogP contribution in [0, 0.1) is 0 Å². The third-order valence-corrected chi connectivity index (χ3v) is 3.05. The van der Waals surface area contributed by atoms with Crippen molar-refractivity contribution in [1.82, 2.24) is 9.78 Å². The number of benzene rings is 1. The molecule has 1 unspecified atom stereocenters. The zero-order valence-corrected chi connectivity index (χ0v) is 12.0. The molecule has 0 saturated carbocycles. The monoisotopic (exact) mass is 290 g/mol. The summed E-state index contributed by atoms with van der Waals surface area (Å²) in [6.07, 6.45) is 0.452. The number of carbonyl (C=O) groups excluding carboxylic acids is 1. The SMILES string of the molecule is COc1ccc(Cn2ccc(CC(=O)C(O)OC)n2)cc1. The van der Waals surface area contributed by atoms with E-state index in [2.05, 4.69) is 9.84 Å². The molecule has 0 aliphatic rings. The Bertz CT molecular complexity index is 592. The van der Waals surface area contributed by atoms with Crippen LogP contribution in [0.5, 0.6) is 5.75 Å². The number of rotatable bonds is 7. The van der Waals surface area contributed by atoms with Gasteiger partial charge in [-0.25, -0.2) is 0 Å². The highest BCUT2D eigenvalue weighted by Gasteiger charge is 2.15. The fourth-order valence-electron chi connectivity index (χ4n) is 1.90. The Balaban J connectivity index is 1.97. The topological polar surface area (TPSA) is 73.6 Å². The van der Waals surface area contributed by atoms with Gasteiger partial charge in [0, 0.05) is 13.3 Å². The maximum absolute atomic E-state index is 11.5. The summed E-state index contributed by atoms with van der Waals surface area (Å²) in [5.41, 5.74) is 1.68. The van der Waals surface area contributed by atoms with Crippen molar-refractivity contribution >= 4 is 5.78 Å². The molecule has 1 aromatic heterocycles. The number of carbonyl (C=O) groups is 1. The average Bonchev–Trinajstić information content (AvgIpc) is 2.94. The summed E-state index contributed by atoms with van der Waals surface area (Å²) >= 11 is 0. The number of hydrogen-bond acceptors (Lipinski definition) is 5. The van der Waals surface area contributed by atoms with Crippen LogP contribution in [0.1, 0.15) is 11.3 Å². The van der Waals surface area contributed by atoms with Gasteiger partial charge in [0.1, 0.15) is 5.75 Å². The highest BCUT2D eigenvalue weighted by Crippen LogP contribution is 2.12. The first-order chi connectivity index (χ1) is 10.1. The van der Waals surface area contributed by atoms with Crippen LogP contribution < -0.4 is 4.74 Å². The van der Waals surface area contributed by atoms with E-state index in [1.807, 2.05) is 24.3 Å². The first-order valence-corrected chi connectivity index (χ1v) is 6.51. The molecule has 0 fully saturated rings. The molecule has 1 N–H and O–H groups in total. The lowest BCUT2D eigenvalue weighted by Gasteiger charge is -2.05. The average molecular weight is 290 g/mol. The van der Waals surface area contributed by atoms with Gasteiger partial charge in [-0.2, -0.15) is 5.10 Å². The number of hydrogen-bond donors (Lipinski definition) is 1. The fraction of sp³-hybridized carbons (Fsp3) is 0.333. The third-order valence-electron chi connectivity index (χ3n) is 3.05. The summed E-state index contributed by atoms with van der Waals surface area (Å²) in [4.78, 5) is 11.5. The Kier molecular flexibility index (Phi) is 5.08. The lowest BCUT2D eigenvalue weighted by molar-refractivity contribution is -0.149. The van der Waals surface area contributed by atoms with Crippen LogP contribution >= 0.6 is 0 Å². The number of Topliss-reactive ketones (excluding diaryl/α,β-unsaturated/α-hetero) is 1. The predicted molar refractivity (Wildman–Crippen MR) is 76.0 cm³/mol. The number of ether oxygens (including phenoxy) is 2. The zero-order valence-electron chi connectivity index (χ0n) is 12.0. The van der Waals surface area contributed by atoms with Crippen molar-refractivity contribution in [2.45, 2.75) is 19.3 Å². The Morgan fingerprint density at radius 2 is 2.00 bits per heavy atom. The molecular weight excluding hydrogens is 272 g/mol. The molecule has 0 spiro atoms. The molecule has 0 saturated heterocycles. The number of aliphatic hydroxyl groups is 1. The highest BCUT2D eigenvalue weighted by atomic mass is 16.6. The van der Waals surface area contributed by atoms with Gasteiger partial charge in [0.15, 0.2) is 5.78 Å². The lowest BCUT2D eigenvalue weighted by Crippen LogP contribution is -2.24. The molecule has 0 amide bonds. The number of nitrogens with zero attached hydrogens (tertiary/aromatic N) is 2. The van der Waals surface area contributed by atoms with Crippen LogP contribution in [-0.2, 0) is 22.5 Å². The maximum Gasteiger partial charge on any atom is 0.215 e. The van der Waals surface area contributed by atoms with Gasteiger partial charge in [-0.3, -0.25) is 9.48 Å². The van der Waals surface area contributed by atoms with Crippen LogP contribution in [0.4, 0.5) is 0 Å². The van der Waals surface area contributed by atoms with Crippen molar-refractivity contribution < 1.29 is 19.4 Å². The molecule has 0 radical (unpaired) electrons. The van der Waals surface area contributed by atoms with Crippen LogP contribution in [0.15, 0.2) is 36.5 Å². The molecule has 0 aliphatic carbocycles. The first-order valence-electron chi connectivity index (χ1n) is 6.51. The molecule has 1 heterocycles. The highest BCUT2D eigenvalue weighted by molar-refractivity contribution is 5.83. The van der Waals surface area contributed by atoms with Crippen molar-refractivity contribution in [3.8, 4) is 5.75 Å². The van der Waals surface area contributed by atoms with Crippen molar-refractivity contribution in [1.29, 1.82) is 0 Å². The third kappa shape index (κ3) is 4.14. The second kappa shape index (κ2) is 7.01. The molecule has 0 aliphatic heterocycles. The van der Waals surface area contributed by atoms with E-state index in [1.165, 1.54) is 7.11 Å². The molecule has 2 aromatic rings. The number of aromatic nitrogens is 2. The summed E-state index contributed by atoms with van der Waals surface area (Å²) in [6.45, 7) is 0.602. The van der Waals surface area contributed by atoms with E-state index in [0.29, 0.717) is 12.2 Å². The van der Waals surface area contributed by atoms with Gasteiger partial charge < -0.3 is 14.6 Å². The van der Waals surface area contributed by atoms with E-state index < -0.39 is 12.1 Å². The molecule has 112 valence electrons. The molecule has 6 nitrogen and oxygen atoms in total. The van der Waals surface area contributed by atoms with Crippen LogP contribution in [-0.4, -0.2) is 41.2 Å². The molecule has 0 bridgehead atoms. The van der Waals surface area contributed by atoms with E-state index in [1.54, 1.807) is 24.1 Å².